The molecule has 0 bridgehead atoms. The fourth-order valence-electron chi connectivity index (χ4n) is 1.64. The van der Waals surface area contributed by atoms with Gasteiger partial charge < -0.3 is 5.11 Å². The molecular weight excluding hydrogens is 146 g/mol. The van der Waals surface area contributed by atoms with Gasteiger partial charge in [-0.25, -0.2) is 0 Å². The van der Waals surface area contributed by atoms with Gasteiger partial charge in [0, 0.05) is 4.92 Å². The first kappa shape index (κ1) is 8.46. The van der Waals surface area contributed by atoms with Crippen LogP contribution in [0.4, 0.5) is 0 Å². The molecule has 1 aliphatic rings. The van der Waals surface area contributed by atoms with Crippen LogP contribution < -0.4 is 0 Å². The predicted molar refractivity (Wildman–Crippen MR) is 39.8 cm³/mol. The number of aliphatic hydroxyl groups is 1. The zero-order chi connectivity index (χ0) is 8.27. The maximum absolute atomic E-state index is 10.0. The van der Waals surface area contributed by atoms with Gasteiger partial charge in [0.25, 0.3) is 0 Å². The van der Waals surface area contributed by atoms with E-state index in [-0.39, 0.29) is 12.5 Å². The quantitative estimate of drug-likeness (QED) is 0.489. The van der Waals surface area contributed by atoms with Gasteiger partial charge in [-0.1, -0.05) is 12.8 Å². The highest BCUT2D eigenvalue weighted by molar-refractivity contribution is 4.73. The lowest BCUT2D eigenvalue weighted by Crippen LogP contribution is -2.26. The molecule has 11 heavy (non-hydrogen) atoms. The van der Waals surface area contributed by atoms with Crippen LogP contribution in [0.3, 0.4) is 0 Å². The van der Waals surface area contributed by atoms with E-state index < -0.39 is 11.0 Å². The van der Waals surface area contributed by atoms with Crippen molar-refractivity contribution in [1.82, 2.24) is 0 Å². The van der Waals surface area contributed by atoms with Crippen LogP contribution in [0.2, 0.25) is 0 Å². The largest absolute Gasteiger partial charge is 0.386 e. The van der Waals surface area contributed by atoms with Crippen LogP contribution in [0, 0.1) is 16.0 Å². The Bertz CT molecular complexity index is 143. The Balaban J connectivity index is 2.28. The average molecular weight is 159 g/mol. The van der Waals surface area contributed by atoms with Crippen LogP contribution in [-0.4, -0.2) is 22.7 Å². The second-order valence-electron chi connectivity index (χ2n) is 3.13. The molecule has 0 heterocycles. The van der Waals surface area contributed by atoms with E-state index >= 15 is 0 Å². The van der Waals surface area contributed by atoms with Crippen molar-refractivity contribution in [3.8, 4) is 0 Å². The summed E-state index contributed by atoms with van der Waals surface area (Å²) in [5.74, 6) is 0.181. The van der Waals surface area contributed by atoms with E-state index in [1.54, 1.807) is 0 Å². The number of nitrogens with zero attached hydrogens (tertiary/aromatic N) is 1. The van der Waals surface area contributed by atoms with Crippen LogP contribution in [-0.2, 0) is 0 Å². The van der Waals surface area contributed by atoms with Crippen molar-refractivity contribution < 1.29 is 10.0 Å². The molecule has 1 aliphatic carbocycles. The minimum atomic E-state index is -0.715. The molecule has 0 aliphatic heterocycles. The van der Waals surface area contributed by atoms with Gasteiger partial charge >= 0.3 is 0 Å². The summed E-state index contributed by atoms with van der Waals surface area (Å²) in [6.45, 7) is -0.287. The summed E-state index contributed by atoms with van der Waals surface area (Å²) in [4.78, 5) is 9.57. The van der Waals surface area contributed by atoms with Gasteiger partial charge in [0.2, 0.25) is 6.54 Å². The molecule has 64 valence electrons. The highest BCUT2D eigenvalue weighted by Gasteiger charge is 2.26. The topological polar surface area (TPSA) is 63.4 Å². The van der Waals surface area contributed by atoms with Gasteiger partial charge in [0.05, 0.1) is 0 Å². The fraction of sp³-hybridized carbons (Fsp3) is 1.00. The van der Waals surface area contributed by atoms with E-state index in [9.17, 15) is 15.2 Å². The number of aliphatic hydroxyl groups excluding tert-OH is 1. The Labute approximate surface area is 65.4 Å². The van der Waals surface area contributed by atoms with Crippen molar-refractivity contribution in [3.05, 3.63) is 10.1 Å². The minimum absolute atomic E-state index is 0.181. The molecule has 0 saturated heterocycles. The number of nitro groups is 1. The molecule has 1 atom stereocenters. The molecule has 0 spiro atoms. The first-order valence-corrected chi connectivity index (χ1v) is 4.00. The molecule has 1 fully saturated rings. The van der Waals surface area contributed by atoms with E-state index in [2.05, 4.69) is 0 Å². The predicted octanol–water partition coefficient (Wildman–Crippen LogP) is 0.814. The van der Waals surface area contributed by atoms with E-state index in [0.29, 0.717) is 0 Å². The molecule has 0 radical (unpaired) electrons. The molecule has 0 amide bonds. The highest BCUT2D eigenvalue weighted by Crippen LogP contribution is 2.27. The molecule has 1 N–H and O–H groups in total. The van der Waals surface area contributed by atoms with Crippen LogP contribution in [0.25, 0.3) is 0 Å². The van der Waals surface area contributed by atoms with E-state index in [1.807, 2.05) is 0 Å². The van der Waals surface area contributed by atoms with Crippen molar-refractivity contribution in [2.45, 2.75) is 31.8 Å². The lowest BCUT2D eigenvalue weighted by atomic mass is 10.0. The maximum atomic E-state index is 10.0. The van der Waals surface area contributed by atoms with Crippen LogP contribution in [0.1, 0.15) is 25.7 Å². The van der Waals surface area contributed by atoms with Crippen molar-refractivity contribution >= 4 is 0 Å². The molecule has 4 nitrogen and oxygen atoms in total. The molecular formula is C7H13NO3. The smallest absolute Gasteiger partial charge is 0.229 e. The van der Waals surface area contributed by atoms with Crippen molar-refractivity contribution in [2.75, 3.05) is 6.54 Å². The summed E-state index contributed by atoms with van der Waals surface area (Å²) in [6.07, 6.45) is 3.41. The summed E-state index contributed by atoms with van der Waals surface area (Å²) in [7, 11) is 0. The Morgan fingerprint density at radius 3 is 2.55 bits per heavy atom. The lowest BCUT2D eigenvalue weighted by Gasteiger charge is -2.12. The maximum Gasteiger partial charge on any atom is 0.229 e. The van der Waals surface area contributed by atoms with Gasteiger partial charge in [-0.15, -0.1) is 0 Å². The molecule has 4 heteroatoms. The third-order valence-corrected chi connectivity index (χ3v) is 2.28. The Morgan fingerprint density at radius 1 is 1.55 bits per heavy atom. The standard InChI is InChI=1S/C7H13NO3/c9-7(5-8(10)11)6-3-1-2-4-6/h6-7,9H,1-5H2. The first-order valence-electron chi connectivity index (χ1n) is 4.00. The van der Waals surface area contributed by atoms with Crippen LogP contribution in [0.5, 0.6) is 0 Å². The third-order valence-electron chi connectivity index (χ3n) is 2.28. The number of rotatable bonds is 3. The van der Waals surface area contributed by atoms with Crippen molar-refractivity contribution in [2.24, 2.45) is 5.92 Å². The Morgan fingerprint density at radius 2 is 2.09 bits per heavy atom. The van der Waals surface area contributed by atoms with E-state index in [1.165, 1.54) is 0 Å². The van der Waals surface area contributed by atoms with Gasteiger partial charge in [-0.3, -0.25) is 10.1 Å². The monoisotopic (exact) mass is 159 g/mol. The van der Waals surface area contributed by atoms with E-state index in [4.69, 9.17) is 0 Å². The Hall–Kier alpha value is -0.640. The lowest BCUT2D eigenvalue weighted by molar-refractivity contribution is -0.492. The SMILES string of the molecule is O=[N+]([O-])CC(O)C1CCCC1. The molecule has 0 aromatic rings. The second kappa shape index (κ2) is 3.67. The first-order chi connectivity index (χ1) is 5.20. The Kier molecular flexibility index (Phi) is 2.82. The van der Waals surface area contributed by atoms with Gasteiger partial charge in [-0.2, -0.15) is 0 Å². The third kappa shape index (κ3) is 2.46. The minimum Gasteiger partial charge on any atom is -0.386 e. The van der Waals surface area contributed by atoms with Crippen molar-refractivity contribution in [3.63, 3.8) is 0 Å². The van der Waals surface area contributed by atoms with Crippen LogP contribution in [0.15, 0.2) is 0 Å². The molecule has 1 saturated carbocycles. The zero-order valence-electron chi connectivity index (χ0n) is 6.40. The van der Waals surface area contributed by atoms with Gasteiger partial charge in [-0.05, 0) is 18.8 Å². The summed E-state index contributed by atoms with van der Waals surface area (Å²) >= 11 is 0. The number of hydrogen-bond acceptors (Lipinski definition) is 3. The summed E-state index contributed by atoms with van der Waals surface area (Å²) in [5, 5.41) is 19.3. The van der Waals surface area contributed by atoms with Gasteiger partial charge in [0.15, 0.2) is 0 Å². The fourth-order valence-corrected chi connectivity index (χ4v) is 1.64. The second-order valence-corrected chi connectivity index (χ2v) is 3.13. The summed E-state index contributed by atoms with van der Waals surface area (Å²) < 4.78 is 0. The highest BCUT2D eigenvalue weighted by atomic mass is 16.6. The molecule has 1 unspecified atom stereocenters. The zero-order valence-corrected chi connectivity index (χ0v) is 6.40. The normalized spacial score (nSPS) is 21.9. The molecule has 0 aromatic carbocycles. The number of hydrogen-bond donors (Lipinski definition) is 1. The molecule has 1 rings (SSSR count). The van der Waals surface area contributed by atoms with Gasteiger partial charge in [0.1, 0.15) is 6.10 Å². The molecule has 0 aromatic heterocycles. The van der Waals surface area contributed by atoms with Crippen LogP contribution >= 0.6 is 0 Å². The summed E-state index contributed by atoms with van der Waals surface area (Å²) in [6, 6.07) is 0. The van der Waals surface area contributed by atoms with E-state index in [0.717, 1.165) is 25.7 Å². The average Bonchev–Trinajstić information content (AvgIpc) is 2.35. The summed E-state index contributed by atoms with van der Waals surface area (Å²) in [5.41, 5.74) is 0. The van der Waals surface area contributed by atoms with Crippen molar-refractivity contribution in [1.29, 1.82) is 0 Å².